The number of likely N-dealkylation sites (tertiary alicyclic amines) is 1. The number of piperidine rings is 1. The molecule has 1 aliphatic heterocycles. The van der Waals surface area contributed by atoms with Crippen molar-refractivity contribution >= 4 is 27.5 Å². The van der Waals surface area contributed by atoms with E-state index in [4.69, 9.17) is 18.9 Å². The highest BCUT2D eigenvalue weighted by atomic mass is 16.5. The summed E-state index contributed by atoms with van der Waals surface area (Å²) in [7, 11) is 6.45. The van der Waals surface area contributed by atoms with Crippen molar-refractivity contribution in [3.05, 3.63) is 42.0 Å². The fraction of sp³-hybridized carbons (Fsp3) is 0.400. The number of nitrogens with one attached hydrogen (secondary N) is 1. The number of esters is 1. The predicted octanol–water partition coefficient (Wildman–Crippen LogP) is 3.13. The van der Waals surface area contributed by atoms with Crippen LogP contribution >= 0.6 is 0 Å². The van der Waals surface area contributed by atoms with E-state index in [0.717, 1.165) is 59.6 Å². The normalized spacial score (nSPS) is 18.7. The zero-order valence-corrected chi connectivity index (χ0v) is 18.6. The summed E-state index contributed by atoms with van der Waals surface area (Å²) in [5.41, 5.74) is 1.20. The molecule has 6 nitrogen and oxygen atoms in total. The minimum Gasteiger partial charge on any atom is -0.497 e. The quantitative estimate of drug-likeness (QED) is 0.487. The van der Waals surface area contributed by atoms with Gasteiger partial charge in [-0.1, -0.05) is 6.07 Å². The van der Waals surface area contributed by atoms with E-state index in [0.29, 0.717) is 11.5 Å². The zero-order valence-electron chi connectivity index (χ0n) is 18.6. The monoisotopic (exact) mass is 424 g/mol. The first-order chi connectivity index (χ1) is 15.1. The maximum absolute atomic E-state index is 12.4. The number of fused-ring (bicyclic) bond motifs is 3. The van der Waals surface area contributed by atoms with Crippen LogP contribution in [0.2, 0.25) is 0 Å². The van der Waals surface area contributed by atoms with E-state index >= 15 is 0 Å². The van der Waals surface area contributed by atoms with Crippen molar-refractivity contribution in [2.75, 3.05) is 35.0 Å². The van der Waals surface area contributed by atoms with Crippen LogP contribution in [0.3, 0.4) is 0 Å². The van der Waals surface area contributed by atoms with Crippen LogP contribution in [0.25, 0.3) is 21.5 Å². The molecule has 1 fully saturated rings. The molecule has 0 saturated carbocycles. The summed E-state index contributed by atoms with van der Waals surface area (Å²) in [5, 5.41) is 4.40. The standard InChI is InChI=1S/C25H29NO5/c1-28-18-8-9-19-17(15-26-10-6-5-7-22(26)25(27)31-4)11-16-12-23(29-2)24(30-3)14-20(16)21(19)13-18/h8-9,11-14,22H,5-7,10,15H2,1-4H3/p+1/t22-/m1/s1. The van der Waals surface area contributed by atoms with Crippen molar-refractivity contribution in [2.45, 2.75) is 31.8 Å². The van der Waals surface area contributed by atoms with Crippen LogP contribution in [-0.4, -0.2) is 47.0 Å². The first kappa shape index (κ1) is 21.2. The number of ether oxygens (including phenoxy) is 4. The van der Waals surface area contributed by atoms with Gasteiger partial charge in [0.15, 0.2) is 17.5 Å². The van der Waals surface area contributed by atoms with Gasteiger partial charge in [0.2, 0.25) is 0 Å². The molecule has 1 aliphatic rings. The highest BCUT2D eigenvalue weighted by molar-refractivity contribution is 6.10. The fourth-order valence-corrected chi connectivity index (χ4v) is 4.77. The molecule has 1 N–H and O–H groups in total. The third-order valence-corrected chi connectivity index (χ3v) is 6.39. The first-order valence-corrected chi connectivity index (χ1v) is 10.7. The van der Waals surface area contributed by atoms with Gasteiger partial charge in [0.1, 0.15) is 12.3 Å². The lowest BCUT2D eigenvalue weighted by Gasteiger charge is -2.31. The molecule has 0 amide bonds. The molecule has 6 heteroatoms. The molecule has 1 unspecified atom stereocenters. The molecule has 3 aromatic carbocycles. The SMILES string of the molecule is COC(=O)[C@H]1CCCC[NH+]1Cc1cc2cc(OC)c(OC)cc2c2cc(OC)ccc12. The summed E-state index contributed by atoms with van der Waals surface area (Å²) < 4.78 is 21.7. The second-order valence-corrected chi connectivity index (χ2v) is 8.03. The summed E-state index contributed by atoms with van der Waals surface area (Å²) in [5.74, 6) is 2.08. The highest BCUT2D eigenvalue weighted by Crippen LogP contribution is 2.38. The molecule has 2 atom stereocenters. The summed E-state index contributed by atoms with van der Waals surface area (Å²) in [6.45, 7) is 1.72. The smallest absolute Gasteiger partial charge is 0.364 e. The number of hydrogen-bond acceptors (Lipinski definition) is 5. The van der Waals surface area contributed by atoms with E-state index < -0.39 is 0 Å². The van der Waals surface area contributed by atoms with Gasteiger partial charge in [0.05, 0.1) is 35.0 Å². The largest absolute Gasteiger partial charge is 0.497 e. The third-order valence-electron chi connectivity index (χ3n) is 6.39. The molecule has 4 rings (SSSR count). The van der Waals surface area contributed by atoms with Crippen LogP contribution in [0.1, 0.15) is 24.8 Å². The molecule has 0 aromatic heterocycles. The minimum atomic E-state index is -0.118. The van der Waals surface area contributed by atoms with Crippen LogP contribution < -0.4 is 19.1 Å². The van der Waals surface area contributed by atoms with Crippen molar-refractivity contribution < 1.29 is 28.6 Å². The number of carbonyl (C=O) groups is 1. The van der Waals surface area contributed by atoms with E-state index in [1.165, 1.54) is 17.6 Å². The van der Waals surface area contributed by atoms with Crippen LogP contribution in [0, 0.1) is 0 Å². The molecule has 31 heavy (non-hydrogen) atoms. The summed E-state index contributed by atoms with van der Waals surface area (Å²) in [4.78, 5) is 13.7. The Kier molecular flexibility index (Phi) is 6.18. The molecule has 1 heterocycles. The number of quaternary nitrogens is 1. The number of rotatable bonds is 6. The molecule has 0 aliphatic carbocycles. The van der Waals surface area contributed by atoms with Crippen LogP contribution in [0.4, 0.5) is 0 Å². The maximum Gasteiger partial charge on any atom is 0.364 e. The van der Waals surface area contributed by atoms with Gasteiger partial charge in [-0.2, -0.15) is 0 Å². The van der Waals surface area contributed by atoms with E-state index in [9.17, 15) is 4.79 Å². The lowest BCUT2D eigenvalue weighted by atomic mass is 9.94. The molecule has 164 valence electrons. The van der Waals surface area contributed by atoms with Crippen LogP contribution in [-0.2, 0) is 16.1 Å². The van der Waals surface area contributed by atoms with E-state index in [-0.39, 0.29) is 12.0 Å². The van der Waals surface area contributed by atoms with Gasteiger partial charge < -0.3 is 23.8 Å². The van der Waals surface area contributed by atoms with Crippen LogP contribution in [0.5, 0.6) is 17.2 Å². The summed E-state index contributed by atoms with van der Waals surface area (Å²) in [6.07, 6.45) is 3.05. The Balaban J connectivity index is 1.88. The van der Waals surface area contributed by atoms with Gasteiger partial charge in [0, 0.05) is 12.0 Å². The molecule has 0 radical (unpaired) electrons. The molecule has 1 saturated heterocycles. The second-order valence-electron chi connectivity index (χ2n) is 8.03. The Bertz CT molecular complexity index is 1110. The Morgan fingerprint density at radius 3 is 2.39 bits per heavy atom. The Labute approximate surface area is 182 Å². The average molecular weight is 425 g/mol. The van der Waals surface area contributed by atoms with E-state index in [1.54, 1.807) is 21.3 Å². The first-order valence-electron chi connectivity index (χ1n) is 10.7. The van der Waals surface area contributed by atoms with Gasteiger partial charge in [-0.3, -0.25) is 0 Å². The molecule has 3 aromatic rings. The molecular weight excluding hydrogens is 394 g/mol. The molecule has 0 spiro atoms. The van der Waals surface area contributed by atoms with Gasteiger partial charge >= 0.3 is 5.97 Å². The van der Waals surface area contributed by atoms with Gasteiger partial charge in [-0.25, -0.2) is 4.79 Å². The predicted molar refractivity (Wildman–Crippen MR) is 120 cm³/mol. The Morgan fingerprint density at radius 1 is 0.903 bits per heavy atom. The fourth-order valence-electron chi connectivity index (χ4n) is 4.77. The Morgan fingerprint density at radius 2 is 1.68 bits per heavy atom. The van der Waals surface area contributed by atoms with E-state index in [1.807, 2.05) is 18.2 Å². The number of benzene rings is 3. The number of hydrogen-bond donors (Lipinski definition) is 1. The van der Waals surface area contributed by atoms with Crippen molar-refractivity contribution in [2.24, 2.45) is 0 Å². The third kappa shape index (κ3) is 4.00. The maximum atomic E-state index is 12.4. The van der Waals surface area contributed by atoms with Crippen LogP contribution in [0.15, 0.2) is 36.4 Å². The van der Waals surface area contributed by atoms with Crippen molar-refractivity contribution in [1.82, 2.24) is 0 Å². The van der Waals surface area contributed by atoms with E-state index in [2.05, 4.69) is 18.2 Å². The van der Waals surface area contributed by atoms with Gasteiger partial charge in [-0.05, 0) is 64.7 Å². The van der Waals surface area contributed by atoms with Gasteiger partial charge in [0.25, 0.3) is 0 Å². The topological polar surface area (TPSA) is 58.4 Å². The van der Waals surface area contributed by atoms with Crippen molar-refractivity contribution in [3.8, 4) is 17.2 Å². The lowest BCUT2D eigenvalue weighted by molar-refractivity contribution is -0.935. The van der Waals surface area contributed by atoms with Crippen molar-refractivity contribution in [1.29, 1.82) is 0 Å². The second kappa shape index (κ2) is 9.02. The number of methoxy groups -OCH3 is 4. The molecule has 0 bridgehead atoms. The summed E-state index contributed by atoms with van der Waals surface area (Å²) in [6, 6.07) is 12.3. The summed E-state index contributed by atoms with van der Waals surface area (Å²) >= 11 is 0. The Hall–Kier alpha value is -2.99. The number of carbonyl (C=O) groups excluding carboxylic acids is 1. The lowest BCUT2D eigenvalue weighted by Crippen LogP contribution is -3.16. The van der Waals surface area contributed by atoms with Gasteiger partial charge in [-0.15, -0.1) is 0 Å². The molecular formula is C25H30NO5+. The average Bonchev–Trinajstić information content (AvgIpc) is 2.82. The zero-order chi connectivity index (χ0) is 22.0. The van der Waals surface area contributed by atoms with Crippen molar-refractivity contribution in [3.63, 3.8) is 0 Å². The highest BCUT2D eigenvalue weighted by Gasteiger charge is 2.33. The minimum absolute atomic E-state index is 0.117.